The van der Waals surface area contributed by atoms with Crippen molar-refractivity contribution in [2.24, 2.45) is 0 Å². The topological polar surface area (TPSA) is 87.3 Å². The van der Waals surface area contributed by atoms with Gasteiger partial charge in [0.15, 0.2) is 0 Å². The minimum absolute atomic E-state index is 0.0869. The molecule has 4 aromatic carbocycles. The van der Waals surface area contributed by atoms with Crippen molar-refractivity contribution in [1.82, 2.24) is 5.32 Å². The second-order valence-corrected chi connectivity index (χ2v) is 10.5. The molecule has 0 bridgehead atoms. The molecule has 0 aliphatic rings. The molecule has 0 fully saturated rings. The summed E-state index contributed by atoms with van der Waals surface area (Å²) in [5, 5.41) is 8.58. The van der Waals surface area contributed by atoms with E-state index in [-0.39, 0.29) is 23.3 Å². The third-order valence-corrected chi connectivity index (χ3v) is 7.04. The third kappa shape index (κ3) is 8.19. The molecule has 4 aromatic rings. The van der Waals surface area contributed by atoms with Crippen molar-refractivity contribution in [3.8, 4) is 0 Å². The zero-order valence-corrected chi connectivity index (χ0v) is 23.5. The van der Waals surface area contributed by atoms with Gasteiger partial charge in [0.05, 0.1) is 5.75 Å². The maximum atomic E-state index is 13.2. The predicted molar refractivity (Wildman–Crippen MR) is 163 cm³/mol. The first kappa shape index (κ1) is 28.4. The molecule has 0 radical (unpaired) electrons. The smallest absolute Gasteiger partial charge is 0.272 e. The van der Waals surface area contributed by atoms with Crippen molar-refractivity contribution in [2.75, 3.05) is 16.4 Å². The van der Waals surface area contributed by atoms with Crippen molar-refractivity contribution in [3.63, 3.8) is 0 Å². The Labute approximate surface area is 238 Å². The van der Waals surface area contributed by atoms with Gasteiger partial charge in [-0.2, -0.15) is 0 Å². The van der Waals surface area contributed by atoms with E-state index in [1.165, 1.54) is 11.8 Å². The van der Waals surface area contributed by atoms with Gasteiger partial charge in [-0.05, 0) is 86.0 Å². The predicted octanol–water partition coefficient (Wildman–Crippen LogP) is 6.75. The van der Waals surface area contributed by atoms with Crippen molar-refractivity contribution >= 4 is 46.9 Å². The van der Waals surface area contributed by atoms with E-state index in [0.717, 1.165) is 32.8 Å². The van der Waals surface area contributed by atoms with Gasteiger partial charge in [-0.15, -0.1) is 11.8 Å². The normalized spacial score (nSPS) is 11.0. The first-order chi connectivity index (χ1) is 19.3. The molecule has 3 N–H and O–H groups in total. The highest BCUT2D eigenvalue weighted by molar-refractivity contribution is 8.00. The van der Waals surface area contributed by atoms with Crippen molar-refractivity contribution in [2.45, 2.75) is 25.7 Å². The van der Waals surface area contributed by atoms with Crippen LogP contribution in [-0.4, -0.2) is 23.5 Å². The molecular weight excluding hydrogens is 518 g/mol. The summed E-state index contributed by atoms with van der Waals surface area (Å²) < 4.78 is 0. The highest BCUT2D eigenvalue weighted by atomic mass is 32.2. The SMILES string of the molecule is Cc1cccc(/C=C(\NC(=O)c2ccccc2)C(=O)Nc2ccc(SCC(=O)Nc3cc(C)ccc3C)cc2)c1. The Morgan fingerprint density at radius 2 is 1.48 bits per heavy atom. The number of anilines is 2. The van der Waals surface area contributed by atoms with Crippen LogP contribution in [0.25, 0.3) is 6.08 Å². The summed E-state index contributed by atoms with van der Waals surface area (Å²) in [5.74, 6) is -0.649. The van der Waals surface area contributed by atoms with E-state index in [0.29, 0.717) is 11.3 Å². The highest BCUT2D eigenvalue weighted by Crippen LogP contribution is 2.22. The summed E-state index contributed by atoms with van der Waals surface area (Å²) >= 11 is 1.41. The average Bonchev–Trinajstić information content (AvgIpc) is 2.94. The van der Waals surface area contributed by atoms with Crippen LogP contribution in [0.1, 0.15) is 32.6 Å². The molecule has 0 unspecified atom stereocenters. The fourth-order valence-corrected chi connectivity index (χ4v) is 4.61. The Morgan fingerprint density at radius 3 is 2.20 bits per heavy atom. The van der Waals surface area contributed by atoms with Gasteiger partial charge >= 0.3 is 0 Å². The molecule has 7 heteroatoms. The first-order valence-corrected chi connectivity index (χ1v) is 13.8. The first-order valence-electron chi connectivity index (χ1n) is 12.8. The molecule has 0 saturated carbocycles. The Balaban J connectivity index is 1.41. The maximum absolute atomic E-state index is 13.2. The molecule has 0 atom stereocenters. The molecule has 6 nitrogen and oxygen atoms in total. The van der Waals surface area contributed by atoms with Crippen LogP contribution in [0, 0.1) is 20.8 Å². The van der Waals surface area contributed by atoms with E-state index < -0.39 is 5.91 Å². The lowest BCUT2D eigenvalue weighted by Gasteiger charge is -2.12. The molecule has 0 saturated heterocycles. The molecule has 0 aliphatic carbocycles. The van der Waals surface area contributed by atoms with E-state index in [1.807, 2.05) is 81.4 Å². The Hall–Kier alpha value is -4.62. The zero-order chi connectivity index (χ0) is 28.5. The Bertz CT molecular complexity index is 1550. The summed E-state index contributed by atoms with van der Waals surface area (Å²) in [4.78, 5) is 39.4. The largest absolute Gasteiger partial charge is 0.325 e. The fourth-order valence-electron chi connectivity index (χ4n) is 3.91. The lowest BCUT2D eigenvalue weighted by molar-refractivity contribution is -0.114. The van der Waals surface area contributed by atoms with E-state index in [1.54, 1.807) is 42.5 Å². The summed E-state index contributed by atoms with van der Waals surface area (Å²) in [6, 6.07) is 29.6. The Morgan fingerprint density at radius 1 is 0.750 bits per heavy atom. The van der Waals surface area contributed by atoms with Crippen LogP contribution in [0.4, 0.5) is 11.4 Å². The number of thioether (sulfide) groups is 1. The van der Waals surface area contributed by atoms with E-state index in [2.05, 4.69) is 16.0 Å². The van der Waals surface area contributed by atoms with Crippen LogP contribution in [-0.2, 0) is 9.59 Å². The third-order valence-electron chi connectivity index (χ3n) is 6.03. The lowest BCUT2D eigenvalue weighted by atomic mass is 10.1. The van der Waals surface area contributed by atoms with Crippen molar-refractivity contribution in [3.05, 3.63) is 131 Å². The minimum atomic E-state index is -0.445. The second-order valence-electron chi connectivity index (χ2n) is 9.43. The van der Waals surface area contributed by atoms with Gasteiger partial charge in [-0.1, -0.05) is 60.2 Å². The number of hydrogen-bond donors (Lipinski definition) is 3. The molecule has 0 heterocycles. The number of hydrogen-bond acceptors (Lipinski definition) is 4. The van der Waals surface area contributed by atoms with Gasteiger partial charge in [0.2, 0.25) is 5.91 Å². The Kier molecular flexibility index (Phi) is 9.54. The van der Waals surface area contributed by atoms with Crippen LogP contribution in [0.5, 0.6) is 0 Å². The molecule has 40 heavy (non-hydrogen) atoms. The van der Waals surface area contributed by atoms with Crippen molar-refractivity contribution in [1.29, 1.82) is 0 Å². The van der Waals surface area contributed by atoms with Gasteiger partial charge in [-0.25, -0.2) is 0 Å². The average molecular weight is 550 g/mol. The lowest BCUT2D eigenvalue weighted by Crippen LogP contribution is -2.30. The minimum Gasteiger partial charge on any atom is -0.325 e. The number of carbonyl (C=O) groups is 3. The number of aryl methyl sites for hydroxylation is 3. The van der Waals surface area contributed by atoms with Gasteiger partial charge in [0.25, 0.3) is 11.8 Å². The summed E-state index contributed by atoms with van der Waals surface area (Å²) in [7, 11) is 0. The van der Waals surface area contributed by atoms with E-state index >= 15 is 0 Å². The van der Waals surface area contributed by atoms with Crippen molar-refractivity contribution < 1.29 is 14.4 Å². The number of rotatable bonds is 9. The maximum Gasteiger partial charge on any atom is 0.272 e. The second kappa shape index (κ2) is 13.4. The number of amides is 3. The summed E-state index contributed by atoms with van der Waals surface area (Å²) in [6.45, 7) is 5.92. The molecule has 3 amide bonds. The standard InChI is InChI=1S/C33H31N3O3S/c1-22-8-7-9-25(18-22)20-30(36-32(38)26-10-5-4-6-11-26)33(39)34-27-14-16-28(17-15-27)40-21-31(37)35-29-19-23(2)12-13-24(29)3/h4-20H,21H2,1-3H3,(H,34,39)(H,35,37)(H,36,38)/b30-20-. The van der Waals surface area contributed by atoms with Crippen LogP contribution >= 0.6 is 11.8 Å². The quantitative estimate of drug-likeness (QED) is 0.159. The van der Waals surface area contributed by atoms with Gasteiger partial charge in [0.1, 0.15) is 5.70 Å². The van der Waals surface area contributed by atoms with Crippen LogP contribution in [0.3, 0.4) is 0 Å². The summed E-state index contributed by atoms with van der Waals surface area (Å²) in [5.41, 5.74) is 5.90. The van der Waals surface area contributed by atoms with Crippen LogP contribution in [0.15, 0.2) is 108 Å². The molecular formula is C33H31N3O3S. The fraction of sp³-hybridized carbons (Fsp3) is 0.121. The molecule has 0 aromatic heterocycles. The number of benzene rings is 4. The van der Waals surface area contributed by atoms with E-state index in [4.69, 9.17) is 0 Å². The molecule has 0 spiro atoms. The van der Waals surface area contributed by atoms with Crippen LogP contribution in [0.2, 0.25) is 0 Å². The van der Waals surface area contributed by atoms with Crippen LogP contribution < -0.4 is 16.0 Å². The molecule has 0 aliphatic heterocycles. The number of carbonyl (C=O) groups excluding carboxylic acids is 3. The number of nitrogens with one attached hydrogen (secondary N) is 3. The zero-order valence-electron chi connectivity index (χ0n) is 22.7. The molecule has 4 rings (SSSR count). The van der Waals surface area contributed by atoms with Gasteiger partial charge in [0, 0.05) is 21.8 Å². The summed E-state index contributed by atoms with van der Waals surface area (Å²) in [6.07, 6.45) is 1.65. The monoisotopic (exact) mass is 549 g/mol. The van der Waals surface area contributed by atoms with Gasteiger partial charge < -0.3 is 16.0 Å². The molecule has 202 valence electrons. The van der Waals surface area contributed by atoms with Gasteiger partial charge in [-0.3, -0.25) is 14.4 Å². The highest BCUT2D eigenvalue weighted by Gasteiger charge is 2.15. The van der Waals surface area contributed by atoms with E-state index in [9.17, 15) is 14.4 Å².